The molecule has 0 saturated carbocycles. The van der Waals surface area contributed by atoms with E-state index in [0.717, 1.165) is 44.7 Å². The van der Waals surface area contributed by atoms with Gasteiger partial charge < -0.3 is 33.9 Å². The van der Waals surface area contributed by atoms with Crippen LogP contribution in [0, 0.1) is 23.2 Å². The van der Waals surface area contributed by atoms with Crippen molar-refractivity contribution in [3.8, 4) is 22.5 Å². The predicted molar refractivity (Wildman–Crippen MR) is 247 cm³/mol. The van der Waals surface area contributed by atoms with Crippen LogP contribution in [0.3, 0.4) is 0 Å². The van der Waals surface area contributed by atoms with E-state index in [1.54, 1.807) is 32.4 Å². The second-order valence-corrected chi connectivity index (χ2v) is 19.9. The van der Waals surface area contributed by atoms with Gasteiger partial charge in [0.15, 0.2) is 0 Å². The number of methoxy groups -OCH3 is 2. The average Bonchev–Trinajstić information content (AvgIpc) is 3.85. The van der Waals surface area contributed by atoms with Gasteiger partial charge in [0.05, 0.1) is 34.8 Å². The van der Waals surface area contributed by atoms with E-state index in [1.807, 2.05) is 32.2 Å². The maximum atomic E-state index is 14.6. The minimum absolute atomic E-state index is 0.107. The Labute approximate surface area is 381 Å². The molecule has 15 nitrogen and oxygen atoms in total. The van der Waals surface area contributed by atoms with Crippen molar-refractivity contribution < 1.29 is 33.4 Å². The minimum atomic E-state index is -1.04. The van der Waals surface area contributed by atoms with Gasteiger partial charge >= 0.3 is 12.0 Å². The van der Waals surface area contributed by atoms with Gasteiger partial charge in [-0.15, -0.1) is 11.3 Å². The third-order valence-corrected chi connectivity index (χ3v) is 14.1. The number of carbonyl (C=O) groups is 4. The quantitative estimate of drug-likeness (QED) is 0.159. The van der Waals surface area contributed by atoms with E-state index in [0.29, 0.717) is 68.9 Å². The van der Waals surface area contributed by atoms with Crippen LogP contribution in [0.25, 0.3) is 33.4 Å². The fraction of sp³-hybridized carbons (Fsp3) is 0.583. The zero-order valence-corrected chi connectivity index (χ0v) is 39.9. The topological polar surface area (TPSA) is 160 Å². The first-order valence-corrected chi connectivity index (χ1v) is 23.6. The van der Waals surface area contributed by atoms with Crippen LogP contribution < -0.4 is 10.7 Å². The number of hydrazine groups is 1. The van der Waals surface area contributed by atoms with Crippen LogP contribution >= 0.6 is 11.3 Å². The lowest BCUT2D eigenvalue weighted by Crippen LogP contribution is -2.63. The number of likely N-dealkylation sites (N-methyl/N-ethyl adjacent to an activating group) is 1. The fourth-order valence-electron chi connectivity index (χ4n) is 9.52. The number of cyclic esters (lactones) is 1. The first-order chi connectivity index (χ1) is 30.5. The van der Waals surface area contributed by atoms with Crippen LogP contribution in [0.15, 0.2) is 41.9 Å². The Morgan fingerprint density at radius 2 is 1.89 bits per heavy atom. The van der Waals surface area contributed by atoms with E-state index in [-0.39, 0.29) is 31.1 Å². The average molecular weight is 899 g/mol. The highest BCUT2D eigenvalue weighted by atomic mass is 32.1. The lowest BCUT2D eigenvalue weighted by Gasteiger charge is -2.45. The molecule has 2 saturated heterocycles. The van der Waals surface area contributed by atoms with Crippen molar-refractivity contribution in [1.29, 1.82) is 0 Å². The second kappa shape index (κ2) is 19.7. The molecule has 1 unspecified atom stereocenters. The number of hydrogen-bond acceptors (Lipinski definition) is 11. The fourth-order valence-corrected chi connectivity index (χ4v) is 10.4. The summed E-state index contributed by atoms with van der Waals surface area (Å²) in [7, 11) is 5.02. The smallest absolute Gasteiger partial charge is 0.324 e. The molecule has 2 N–H and O–H groups in total. The molecule has 3 aliphatic heterocycles. The Morgan fingerprint density at radius 3 is 2.59 bits per heavy atom. The SMILES string of the molecule is CCn1c(-c2cccnc2[C@H](C)OC)c2c3cc(ccc31)-c1csc(n1)C[C@H](NC(=O)C(C(C)C)N(C)C(=O)N1CC([C@H](C)COC)C1)C(=O)N1CCC[C@H](N1)C(=O)OCC(C)(C)C2. The number of ether oxygens (including phenoxy) is 3. The number of nitrogens with zero attached hydrogens (tertiary/aromatic N) is 6. The zero-order valence-electron chi connectivity index (χ0n) is 39.1. The van der Waals surface area contributed by atoms with Crippen molar-refractivity contribution in [2.75, 3.05) is 54.1 Å². The summed E-state index contributed by atoms with van der Waals surface area (Å²) < 4.78 is 19.6. The number of fused-ring (bicyclic) bond motifs is 6. The summed E-state index contributed by atoms with van der Waals surface area (Å²) in [6.45, 7) is 17.2. The number of aromatic nitrogens is 3. The van der Waals surface area contributed by atoms with Crippen molar-refractivity contribution in [3.63, 3.8) is 0 Å². The van der Waals surface area contributed by atoms with Crippen molar-refractivity contribution in [3.05, 3.63) is 58.2 Å². The molecule has 6 bridgehead atoms. The molecule has 7 rings (SSSR count). The van der Waals surface area contributed by atoms with E-state index in [9.17, 15) is 19.2 Å². The highest BCUT2D eigenvalue weighted by Crippen LogP contribution is 2.42. The third-order valence-electron chi connectivity index (χ3n) is 13.2. The summed E-state index contributed by atoms with van der Waals surface area (Å²) in [5, 5.41) is 8.21. The first kappa shape index (κ1) is 47.1. The number of carbonyl (C=O) groups excluding carboxylic acids is 4. The molecule has 16 heteroatoms. The Bertz CT molecular complexity index is 2340. The van der Waals surface area contributed by atoms with Gasteiger partial charge in [-0.3, -0.25) is 24.4 Å². The summed E-state index contributed by atoms with van der Waals surface area (Å²) in [5.74, 6) is -0.896. The molecule has 0 radical (unpaired) electrons. The van der Waals surface area contributed by atoms with Gasteiger partial charge in [-0.2, -0.15) is 0 Å². The van der Waals surface area contributed by atoms with Crippen molar-refractivity contribution in [2.45, 2.75) is 105 Å². The van der Waals surface area contributed by atoms with Crippen LogP contribution in [0.2, 0.25) is 0 Å². The number of urea groups is 1. The number of pyridine rings is 1. The predicted octanol–water partition coefficient (Wildman–Crippen LogP) is 6.49. The Kier molecular flexibility index (Phi) is 14.5. The molecule has 0 spiro atoms. The number of rotatable bonds is 11. The summed E-state index contributed by atoms with van der Waals surface area (Å²) in [6.07, 6.45) is 3.29. The Morgan fingerprint density at radius 1 is 1.12 bits per heavy atom. The molecule has 1 aromatic carbocycles. The maximum absolute atomic E-state index is 14.6. The first-order valence-electron chi connectivity index (χ1n) is 22.7. The van der Waals surface area contributed by atoms with E-state index in [4.69, 9.17) is 24.2 Å². The van der Waals surface area contributed by atoms with E-state index in [2.05, 4.69) is 67.3 Å². The maximum Gasteiger partial charge on any atom is 0.324 e. The second-order valence-electron chi connectivity index (χ2n) is 19.0. The van der Waals surface area contributed by atoms with Crippen molar-refractivity contribution in [1.82, 2.24) is 40.1 Å². The van der Waals surface area contributed by atoms with Gasteiger partial charge in [0.2, 0.25) is 5.91 Å². The number of esters is 1. The minimum Gasteiger partial charge on any atom is -0.464 e. The van der Waals surface area contributed by atoms with Crippen LogP contribution in [0.4, 0.5) is 4.79 Å². The largest absolute Gasteiger partial charge is 0.464 e. The van der Waals surface area contributed by atoms with Gasteiger partial charge in [-0.1, -0.05) is 40.7 Å². The number of hydrogen-bond donors (Lipinski definition) is 2. The van der Waals surface area contributed by atoms with Crippen molar-refractivity contribution in [2.24, 2.45) is 23.2 Å². The lowest BCUT2D eigenvalue weighted by atomic mass is 9.84. The van der Waals surface area contributed by atoms with Crippen LogP contribution in [0.1, 0.15) is 83.7 Å². The summed E-state index contributed by atoms with van der Waals surface area (Å²) in [4.78, 5) is 69.8. The number of likely N-dealkylation sites (tertiary alicyclic amines) is 1. The molecule has 4 aromatic rings. The van der Waals surface area contributed by atoms with Crippen LogP contribution in [0.5, 0.6) is 0 Å². The van der Waals surface area contributed by atoms with Crippen molar-refractivity contribution >= 4 is 46.1 Å². The molecule has 3 aromatic heterocycles. The van der Waals surface area contributed by atoms with Gasteiger partial charge in [-0.25, -0.2) is 15.2 Å². The molecule has 346 valence electrons. The highest BCUT2D eigenvalue weighted by Gasteiger charge is 2.41. The number of thiazole rings is 1. The molecule has 5 atom stereocenters. The summed E-state index contributed by atoms with van der Waals surface area (Å²) in [6, 6.07) is 7.57. The molecule has 4 amide bonds. The lowest BCUT2D eigenvalue weighted by molar-refractivity contribution is -0.155. The molecule has 0 aliphatic carbocycles. The molecule has 64 heavy (non-hydrogen) atoms. The van der Waals surface area contributed by atoms with E-state index < -0.39 is 41.3 Å². The normalized spacial score (nSPS) is 20.9. The Hall–Kier alpha value is -4.90. The zero-order chi connectivity index (χ0) is 46.0. The van der Waals surface area contributed by atoms with E-state index in [1.165, 1.54) is 21.2 Å². The summed E-state index contributed by atoms with van der Waals surface area (Å²) in [5.41, 5.74) is 9.38. The molecule has 2 fully saturated rings. The van der Waals surface area contributed by atoms with Crippen LogP contribution in [-0.2, 0) is 48.0 Å². The van der Waals surface area contributed by atoms with Gasteiger partial charge in [0, 0.05) is 99.5 Å². The standard InChI is InChI=1S/C48H66N8O7S/c1-11-55-39-17-16-31-20-34(39)35(43(55)33-14-12-18-49-41(33)30(5)62-10)22-48(6,7)27-63-46(59)36-15-13-19-56(52-36)45(58)37(21-40-50-38(31)26-64-40)51-44(57)42(28(2)3)53(8)47(60)54-23-32(24-54)29(4)25-61-9/h12,14,16-18,20,26,28-30,32,36-37,42,52H,11,13,15,19,21-25,27H2,1-10H3,(H,51,57)/t29-,30+,36+,37+,42?/m1/s1. The van der Waals surface area contributed by atoms with Gasteiger partial charge in [0.1, 0.15) is 18.1 Å². The van der Waals surface area contributed by atoms with E-state index >= 15 is 0 Å². The highest BCUT2D eigenvalue weighted by molar-refractivity contribution is 7.10. The molecular formula is C48H66N8O7S. The van der Waals surface area contributed by atoms with Gasteiger partial charge in [0.25, 0.3) is 5.91 Å². The number of nitrogens with one attached hydrogen (secondary N) is 2. The molecule has 6 heterocycles. The third kappa shape index (κ3) is 9.70. The van der Waals surface area contributed by atoms with Gasteiger partial charge in [-0.05, 0) is 80.7 Å². The molecule has 3 aliphatic rings. The number of benzene rings is 1. The summed E-state index contributed by atoms with van der Waals surface area (Å²) >= 11 is 1.43. The van der Waals surface area contributed by atoms with Crippen LogP contribution in [-0.4, -0.2) is 125 Å². The number of aryl methyl sites for hydroxylation is 1. The number of amides is 4. The Balaban J connectivity index is 1.25. The molecular weight excluding hydrogens is 833 g/mol. The monoisotopic (exact) mass is 898 g/mol.